The fourth-order valence-corrected chi connectivity index (χ4v) is 2.51. The number of hydrogen-bond acceptors (Lipinski definition) is 5. The van der Waals surface area contributed by atoms with E-state index < -0.39 is 24.6 Å². The van der Waals surface area contributed by atoms with Gasteiger partial charge in [-0.05, 0) is 50.1 Å². The third kappa shape index (κ3) is 5.18. The Morgan fingerprint density at radius 1 is 1.04 bits per heavy atom. The Balaban J connectivity index is 2.08. The zero-order chi connectivity index (χ0) is 20.8. The van der Waals surface area contributed by atoms with Gasteiger partial charge in [0.1, 0.15) is 0 Å². The van der Waals surface area contributed by atoms with E-state index in [2.05, 4.69) is 10.1 Å². The number of halogens is 2. The normalized spacial score (nSPS) is 11.7. The van der Waals surface area contributed by atoms with E-state index in [1.54, 1.807) is 0 Å². The molecule has 2 aromatic rings. The molecule has 0 aromatic heterocycles. The second-order valence-electron chi connectivity index (χ2n) is 6.05. The topological polar surface area (TPSA) is 73.9 Å². The molecule has 1 atom stereocenters. The summed E-state index contributed by atoms with van der Waals surface area (Å²) >= 11 is 0. The van der Waals surface area contributed by atoms with E-state index in [9.17, 15) is 18.4 Å². The number of aryl methyl sites for hydroxylation is 2. The van der Waals surface area contributed by atoms with Gasteiger partial charge in [-0.25, -0.2) is 4.79 Å². The van der Waals surface area contributed by atoms with Gasteiger partial charge in [0.2, 0.25) is 0 Å². The molecule has 0 aliphatic rings. The van der Waals surface area contributed by atoms with Crippen molar-refractivity contribution >= 4 is 17.6 Å². The molecule has 0 unspecified atom stereocenters. The third-order valence-electron chi connectivity index (χ3n) is 4.00. The van der Waals surface area contributed by atoms with Crippen LogP contribution in [0.2, 0.25) is 0 Å². The standard InChI is InChI=1S/C20H21F2NO5/c1-11-6-5-7-12(2)17(11)23-18(24)13(3)27-19(25)14-8-9-15(28-20(21)22)16(10-14)26-4/h5-10,13,20H,1-4H3,(H,23,24)/t13-/m1/s1. The second kappa shape index (κ2) is 9.16. The molecule has 2 aromatic carbocycles. The Bertz CT molecular complexity index is 849. The van der Waals surface area contributed by atoms with Crippen molar-refractivity contribution in [3.05, 3.63) is 53.1 Å². The van der Waals surface area contributed by atoms with E-state index in [1.807, 2.05) is 32.0 Å². The quantitative estimate of drug-likeness (QED) is 0.717. The number of esters is 1. The van der Waals surface area contributed by atoms with E-state index >= 15 is 0 Å². The van der Waals surface area contributed by atoms with Crippen LogP contribution in [0.15, 0.2) is 36.4 Å². The molecule has 0 saturated heterocycles. The van der Waals surface area contributed by atoms with Gasteiger partial charge in [0.05, 0.1) is 12.7 Å². The van der Waals surface area contributed by atoms with Gasteiger partial charge in [-0.2, -0.15) is 8.78 Å². The number of para-hydroxylation sites is 1. The molecule has 8 heteroatoms. The number of hydrogen-bond donors (Lipinski definition) is 1. The minimum atomic E-state index is -3.03. The van der Waals surface area contributed by atoms with Crippen molar-refractivity contribution in [2.75, 3.05) is 12.4 Å². The number of benzene rings is 2. The van der Waals surface area contributed by atoms with Crippen molar-refractivity contribution in [3.63, 3.8) is 0 Å². The lowest BCUT2D eigenvalue weighted by Gasteiger charge is -2.16. The minimum Gasteiger partial charge on any atom is -0.493 e. The Labute approximate surface area is 161 Å². The summed E-state index contributed by atoms with van der Waals surface area (Å²) in [6.45, 7) is 2.12. The van der Waals surface area contributed by atoms with Crippen molar-refractivity contribution in [2.24, 2.45) is 0 Å². The average molecular weight is 393 g/mol. The van der Waals surface area contributed by atoms with Gasteiger partial charge in [-0.1, -0.05) is 18.2 Å². The Morgan fingerprint density at radius 2 is 1.68 bits per heavy atom. The highest BCUT2D eigenvalue weighted by atomic mass is 19.3. The molecule has 0 spiro atoms. The van der Waals surface area contributed by atoms with Crippen LogP contribution in [-0.4, -0.2) is 31.7 Å². The van der Waals surface area contributed by atoms with E-state index in [4.69, 9.17) is 9.47 Å². The number of anilines is 1. The molecule has 1 amide bonds. The number of methoxy groups -OCH3 is 1. The number of carbonyl (C=O) groups is 2. The number of alkyl halides is 2. The maximum absolute atomic E-state index is 12.4. The molecule has 0 aliphatic carbocycles. The first-order valence-corrected chi connectivity index (χ1v) is 8.43. The second-order valence-corrected chi connectivity index (χ2v) is 6.05. The molecule has 150 valence electrons. The molecular weight excluding hydrogens is 372 g/mol. The molecule has 1 N–H and O–H groups in total. The van der Waals surface area contributed by atoms with Gasteiger partial charge in [0.15, 0.2) is 17.6 Å². The number of rotatable bonds is 7. The summed E-state index contributed by atoms with van der Waals surface area (Å²) in [5.41, 5.74) is 2.45. The van der Waals surface area contributed by atoms with Gasteiger partial charge in [0.25, 0.3) is 5.91 Å². The highest BCUT2D eigenvalue weighted by molar-refractivity contribution is 5.98. The summed E-state index contributed by atoms with van der Waals surface area (Å²) in [5.74, 6) is -1.56. The number of amides is 1. The molecule has 0 fully saturated rings. The third-order valence-corrected chi connectivity index (χ3v) is 4.00. The van der Waals surface area contributed by atoms with Crippen molar-refractivity contribution in [1.82, 2.24) is 0 Å². The van der Waals surface area contributed by atoms with Gasteiger partial charge in [-0.3, -0.25) is 4.79 Å². The summed E-state index contributed by atoms with van der Waals surface area (Å²) in [7, 11) is 1.25. The Hall–Kier alpha value is -3.16. The largest absolute Gasteiger partial charge is 0.493 e. The predicted molar refractivity (Wildman–Crippen MR) is 99.0 cm³/mol. The molecule has 0 heterocycles. The lowest BCUT2D eigenvalue weighted by atomic mass is 10.1. The zero-order valence-electron chi connectivity index (χ0n) is 15.9. The molecule has 0 aliphatic heterocycles. The lowest BCUT2D eigenvalue weighted by molar-refractivity contribution is -0.123. The average Bonchev–Trinajstić information content (AvgIpc) is 2.64. The predicted octanol–water partition coefficient (Wildman–Crippen LogP) is 4.10. The number of ether oxygens (including phenoxy) is 3. The molecule has 2 rings (SSSR count). The highest BCUT2D eigenvalue weighted by Gasteiger charge is 2.21. The van der Waals surface area contributed by atoms with Crippen LogP contribution in [0.25, 0.3) is 0 Å². The molecule has 0 bridgehead atoms. The van der Waals surface area contributed by atoms with Crippen molar-refractivity contribution in [2.45, 2.75) is 33.5 Å². The summed E-state index contributed by atoms with van der Waals surface area (Å²) in [6, 6.07) is 9.21. The zero-order valence-corrected chi connectivity index (χ0v) is 15.9. The van der Waals surface area contributed by atoms with Gasteiger partial charge >= 0.3 is 12.6 Å². The van der Waals surface area contributed by atoms with Crippen LogP contribution in [0.3, 0.4) is 0 Å². The van der Waals surface area contributed by atoms with Gasteiger partial charge in [0, 0.05) is 5.69 Å². The molecule has 0 radical (unpaired) electrons. The number of carbonyl (C=O) groups excluding carboxylic acids is 2. The molecule has 0 saturated carbocycles. The Morgan fingerprint density at radius 3 is 2.25 bits per heavy atom. The highest BCUT2D eigenvalue weighted by Crippen LogP contribution is 2.30. The minimum absolute atomic E-state index is 0.0326. The first-order valence-electron chi connectivity index (χ1n) is 8.43. The SMILES string of the molecule is COc1cc(C(=O)O[C@H](C)C(=O)Nc2c(C)cccc2C)ccc1OC(F)F. The maximum atomic E-state index is 12.4. The summed E-state index contributed by atoms with van der Waals surface area (Å²) in [5, 5.41) is 2.74. The van der Waals surface area contributed by atoms with Crippen LogP contribution in [0.4, 0.5) is 14.5 Å². The van der Waals surface area contributed by atoms with E-state index in [-0.39, 0.29) is 17.1 Å². The number of nitrogens with one attached hydrogen (secondary N) is 1. The van der Waals surface area contributed by atoms with Crippen LogP contribution in [0, 0.1) is 13.8 Å². The fourth-order valence-electron chi connectivity index (χ4n) is 2.51. The summed E-state index contributed by atoms with van der Waals surface area (Å²) < 4.78 is 39.2. The first-order chi connectivity index (χ1) is 13.2. The molecule has 6 nitrogen and oxygen atoms in total. The van der Waals surface area contributed by atoms with Crippen molar-refractivity contribution in [3.8, 4) is 11.5 Å². The van der Waals surface area contributed by atoms with Crippen LogP contribution in [0.1, 0.15) is 28.4 Å². The summed E-state index contributed by atoms with van der Waals surface area (Å²) in [4.78, 5) is 24.7. The monoisotopic (exact) mass is 393 g/mol. The van der Waals surface area contributed by atoms with Crippen molar-refractivity contribution < 1.29 is 32.6 Å². The first kappa shape index (κ1) is 21.1. The Kier molecular flexibility index (Phi) is 6.92. The fraction of sp³-hybridized carbons (Fsp3) is 0.300. The van der Waals surface area contributed by atoms with E-state index in [1.165, 1.54) is 32.2 Å². The smallest absolute Gasteiger partial charge is 0.387 e. The van der Waals surface area contributed by atoms with E-state index in [0.29, 0.717) is 5.69 Å². The maximum Gasteiger partial charge on any atom is 0.387 e. The van der Waals surface area contributed by atoms with Crippen LogP contribution >= 0.6 is 0 Å². The molecule has 28 heavy (non-hydrogen) atoms. The van der Waals surface area contributed by atoms with Crippen molar-refractivity contribution in [1.29, 1.82) is 0 Å². The summed E-state index contributed by atoms with van der Waals surface area (Å²) in [6.07, 6.45) is -1.07. The van der Waals surface area contributed by atoms with Crippen LogP contribution in [-0.2, 0) is 9.53 Å². The van der Waals surface area contributed by atoms with Crippen LogP contribution < -0.4 is 14.8 Å². The van der Waals surface area contributed by atoms with Gasteiger partial charge < -0.3 is 19.5 Å². The van der Waals surface area contributed by atoms with Gasteiger partial charge in [-0.15, -0.1) is 0 Å². The van der Waals surface area contributed by atoms with Crippen LogP contribution in [0.5, 0.6) is 11.5 Å². The van der Waals surface area contributed by atoms with E-state index in [0.717, 1.165) is 11.1 Å². The lowest BCUT2D eigenvalue weighted by Crippen LogP contribution is -2.30. The molecular formula is C20H21F2NO5.